The van der Waals surface area contributed by atoms with Crippen molar-refractivity contribution in [3.05, 3.63) is 62.1 Å². The monoisotopic (exact) mass is 404 g/mol. The van der Waals surface area contributed by atoms with Crippen molar-refractivity contribution in [3.8, 4) is 0 Å². The van der Waals surface area contributed by atoms with Gasteiger partial charge in [0.1, 0.15) is 0 Å². The van der Waals surface area contributed by atoms with E-state index in [1.165, 1.54) is 12.1 Å². The molecular weight excluding hydrogens is 394 g/mol. The van der Waals surface area contributed by atoms with Gasteiger partial charge in [0.2, 0.25) is 5.91 Å². The first-order chi connectivity index (χ1) is 11.4. The maximum absolute atomic E-state index is 12.0. The Morgan fingerprint density at radius 2 is 1.54 bits per heavy atom. The molecule has 0 unspecified atom stereocenters. The van der Waals surface area contributed by atoms with Crippen LogP contribution in [-0.4, -0.2) is 18.4 Å². The Kier molecular flexibility index (Phi) is 6.75. The Hall–Kier alpha value is -1.46. The molecule has 2 aromatic carbocycles. The lowest BCUT2D eigenvalue weighted by Crippen LogP contribution is -2.27. The van der Waals surface area contributed by atoms with Crippen LogP contribution in [0.15, 0.2) is 36.4 Å². The third-order valence-corrected chi connectivity index (χ3v) is 4.40. The molecule has 24 heavy (non-hydrogen) atoms. The summed E-state index contributed by atoms with van der Waals surface area (Å²) < 4.78 is 0. The van der Waals surface area contributed by atoms with E-state index in [0.29, 0.717) is 21.3 Å². The number of halogens is 4. The molecule has 2 amide bonds. The van der Waals surface area contributed by atoms with Gasteiger partial charge in [0.05, 0.1) is 31.3 Å². The summed E-state index contributed by atoms with van der Waals surface area (Å²) >= 11 is 23.6. The molecule has 0 atom stereocenters. The summed E-state index contributed by atoms with van der Waals surface area (Å²) in [5, 5.41) is 6.44. The van der Waals surface area contributed by atoms with E-state index in [1.54, 1.807) is 24.3 Å². The Balaban J connectivity index is 1.87. The van der Waals surface area contributed by atoms with Gasteiger partial charge in [-0.2, -0.15) is 0 Å². The third kappa shape index (κ3) is 5.02. The normalized spacial score (nSPS) is 10.3. The minimum absolute atomic E-state index is 0.0623. The molecule has 0 saturated heterocycles. The first-order valence-electron chi connectivity index (χ1n) is 6.85. The minimum atomic E-state index is -0.346. The van der Waals surface area contributed by atoms with E-state index in [0.717, 1.165) is 0 Å². The van der Waals surface area contributed by atoms with Gasteiger partial charge in [-0.3, -0.25) is 9.59 Å². The van der Waals surface area contributed by atoms with Crippen LogP contribution in [-0.2, 0) is 4.79 Å². The highest BCUT2D eigenvalue weighted by Gasteiger charge is 2.12. The van der Waals surface area contributed by atoms with Crippen LogP contribution in [0.4, 0.5) is 5.69 Å². The van der Waals surface area contributed by atoms with Crippen LogP contribution in [0.2, 0.25) is 20.1 Å². The number of hydrogen-bond acceptors (Lipinski definition) is 2. The van der Waals surface area contributed by atoms with Gasteiger partial charge in [0.15, 0.2) is 0 Å². The molecule has 8 heteroatoms. The zero-order valence-electron chi connectivity index (χ0n) is 12.2. The van der Waals surface area contributed by atoms with E-state index in [-0.39, 0.29) is 34.8 Å². The van der Waals surface area contributed by atoms with Crippen LogP contribution in [0, 0.1) is 0 Å². The van der Waals surface area contributed by atoms with Crippen LogP contribution in [0.3, 0.4) is 0 Å². The molecule has 0 bridgehead atoms. The second kappa shape index (κ2) is 8.58. The van der Waals surface area contributed by atoms with Gasteiger partial charge >= 0.3 is 0 Å². The molecule has 4 nitrogen and oxygen atoms in total. The van der Waals surface area contributed by atoms with E-state index in [2.05, 4.69) is 10.6 Å². The van der Waals surface area contributed by atoms with Crippen molar-refractivity contribution >= 4 is 63.9 Å². The molecule has 0 fully saturated rings. The molecule has 0 aromatic heterocycles. The number of carbonyl (C=O) groups is 2. The molecule has 0 saturated carbocycles. The average Bonchev–Trinajstić information content (AvgIpc) is 2.53. The lowest BCUT2D eigenvalue weighted by Gasteiger charge is -2.10. The van der Waals surface area contributed by atoms with Crippen LogP contribution in [0.1, 0.15) is 16.8 Å². The predicted molar refractivity (Wildman–Crippen MR) is 98.5 cm³/mol. The van der Waals surface area contributed by atoms with Crippen LogP contribution in [0.5, 0.6) is 0 Å². The van der Waals surface area contributed by atoms with Crippen molar-refractivity contribution < 1.29 is 9.59 Å². The summed E-state index contributed by atoms with van der Waals surface area (Å²) in [7, 11) is 0. The SMILES string of the molecule is O=C(CCNC(=O)c1ccccc1Cl)Nc1cc(Cl)c(Cl)cc1Cl. The van der Waals surface area contributed by atoms with Crippen molar-refractivity contribution in [1.29, 1.82) is 0 Å². The standard InChI is InChI=1S/C16H12Cl4N2O2/c17-10-4-2-1-3-9(10)16(24)21-6-5-15(23)22-14-8-12(19)11(18)7-13(14)20/h1-4,7-8H,5-6H2,(H,21,24)(H,22,23). The van der Waals surface area contributed by atoms with Gasteiger partial charge < -0.3 is 10.6 Å². The molecular formula is C16H12Cl4N2O2. The maximum atomic E-state index is 12.0. The van der Waals surface area contributed by atoms with E-state index in [9.17, 15) is 9.59 Å². The summed E-state index contributed by atoms with van der Waals surface area (Å²) in [5.41, 5.74) is 0.709. The fourth-order valence-corrected chi connectivity index (χ4v) is 2.68. The number of amides is 2. The van der Waals surface area contributed by atoms with E-state index in [1.807, 2.05) is 0 Å². The molecule has 2 N–H and O–H groups in total. The first-order valence-corrected chi connectivity index (χ1v) is 8.37. The second-order valence-electron chi connectivity index (χ2n) is 4.78. The van der Waals surface area contributed by atoms with Crippen LogP contribution in [0.25, 0.3) is 0 Å². The van der Waals surface area contributed by atoms with Crippen LogP contribution < -0.4 is 10.6 Å². The summed E-state index contributed by atoms with van der Waals surface area (Å²) in [6.07, 6.45) is 0.0623. The first kappa shape index (κ1) is 18.9. The third-order valence-electron chi connectivity index (χ3n) is 3.04. The average molecular weight is 406 g/mol. The van der Waals surface area contributed by atoms with E-state index < -0.39 is 0 Å². The molecule has 0 heterocycles. The van der Waals surface area contributed by atoms with Crippen molar-refractivity contribution in [1.82, 2.24) is 5.32 Å². The largest absolute Gasteiger partial charge is 0.351 e. The minimum Gasteiger partial charge on any atom is -0.351 e. The smallest absolute Gasteiger partial charge is 0.252 e. The van der Waals surface area contributed by atoms with Crippen molar-refractivity contribution in [3.63, 3.8) is 0 Å². The Morgan fingerprint density at radius 1 is 0.875 bits per heavy atom. The highest BCUT2D eigenvalue weighted by Crippen LogP contribution is 2.32. The fourth-order valence-electron chi connectivity index (χ4n) is 1.86. The van der Waals surface area contributed by atoms with Crippen LogP contribution >= 0.6 is 46.4 Å². The van der Waals surface area contributed by atoms with E-state index in [4.69, 9.17) is 46.4 Å². The van der Waals surface area contributed by atoms with Gasteiger partial charge in [0.25, 0.3) is 5.91 Å². The maximum Gasteiger partial charge on any atom is 0.252 e. The second-order valence-corrected chi connectivity index (χ2v) is 6.41. The fraction of sp³-hybridized carbons (Fsp3) is 0.125. The molecule has 0 aliphatic rings. The molecule has 2 rings (SSSR count). The number of hydrogen-bond donors (Lipinski definition) is 2. The molecule has 0 radical (unpaired) electrons. The van der Waals surface area contributed by atoms with Crippen molar-refractivity contribution in [2.24, 2.45) is 0 Å². The van der Waals surface area contributed by atoms with Gasteiger partial charge in [-0.25, -0.2) is 0 Å². The molecule has 0 aliphatic carbocycles. The van der Waals surface area contributed by atoms with Gasteiger partial charge in [-0.1, -0.05) is 58.5 Å². The zero-order chi connectivity index (χ0) is 17.7. The molecule has 2 aromatic rings. The molecule has 0 spiro atoms. The summed E-state index contributed by atoms with van der Waals surface area (Å²) in [6.45, 7) is 0.148. The van der Waals surface area contributed by atoms with Crippen molar-refractivity contribution in [2.75, 3.05) is 11.9 Å². The van der Waals surface area contributed by atoms with E-state index >= 15 is 0 Å². The predicted octanol–water partition coefficient (Wildman–Crippen LogP) is 5.06. The lowest BCUT2D eigenvalue weighted by atomic mass is 10.2. The van der Waals surface area contributed by atoms with Gasteiger partial charge in [-0.05, 0) is 24.3 Å². The molecule has 126 valence electrons. The number of anilines is 1. The lowest BCUT2D eigenvalue weighted by molar-refractivity contribution is -0.116. The highest BCUT2D eigenvalue weighted by molar-refractivity contribution is 6.44. The zero-order valence-corrected chi connectivity index (χ0v) is 15.2. The summed E-state index contributed by atoms with van der Waals surface area (Å²) in [4.78, 5) is 23.9. The van der Waals surface area contributed by atoms with Gasteiger partial charge in [0, 0.05) is 13.0 Å². The number of benzene rings is 2. The highest BCUT2D eigenvalue weighted by atomic mass is 35.5. The Bertz CT molecular complexity index is 781. The number of nitrogens with one attached hydrogen (secondary N) is 2. The quantitative estimate of drug-likeness (QED) is 0.683. The van der Waals surface area contributed by atoms with Crippen molar-refractivity contribution in [2.45, 2.75) is 6.42 Å². The number of rotatable bonds is 5. The Morgan fingerprint density at radius 3 is 2.25 bits per heavy atom. The number of carbonyl (C=O) groups excluding carboxylic acids is 2. The Labute approximate surface area is 159 Å². The molecule has 0 aliphatic heterocycles. The topological polar surface area (TPSA) is 58.2 Å². The summed E-state index contributed by atoms with van der Waals surface area (Å²) in [5.74, 6) is -0.671. The summed E-state index contributed by atoms with van der Waals surface area (Å²) in [6, 6.07) is 9.57. The van der Waals surface area contributed by atoms with Gasteiger partial charge in [-0.15, -0.1) is 0 Å².